The molecule has 3 nitrogen and oxygen atoms in total. The quantitative estimate of drug-likeness (QED) is 0.911. The molecule has 0 saturated carbocycles. The summed E-state index contributed by atoms with van der Waals surface area (Å²) in [7, 11) is 0. The van der Waals surface area contributed by atoms with Crippen molar-refractivity contribution >= 4 is 11.3 Å². The van der Waals surface area contributed by atoms with Gasteiger partial charge in [-0.25, -0.2) is 4.98 Å². The number of aliphatic hydroxyl groups is 1. The lowest BCUT2D eigenvalue weighted by atomic mass is 9.84. The molecule has 1 aromatic rings. The van der Waals surface area contributed by atoms with E-state index in [2.05, 4.69) is 31.1 Å². The van der Waals surface area contributed by atoms with E-state index in [1.807, 2.05) is 0 Å². The molecule has 2 aliphatic rings. The van der Waals surface area contributed by atoms with Gasteiger partial charge in [0.1, 0.15) is 0 Å². The van der Waals surface area contributed by atoms with E-state index in [9.17, 15) is 5.11 Å². The van der Waals surface area contributed by atoms with Crippen LogP contribution >= 0.6 is 11.3 Å². The first-order valence-corrected chi connectivity index (χ1v) is 8.65. The van der Waals surface area contributed by atoms with E-state index in [0.717, 1.165) is 36.5 Å². The Balaban J connectivity index is 1.69. The standard InChI is InChI=1S/C16H26N2OS/c1-15(2,3)13-11-20-14(17-13)10-16(19)6-8-18-7-4-5-12(18)9-16/h11-12,19H,4-10H2,1-3H3. The fourth-order valence-electron chi connectivity index (χ4n) is 3.49. The van der Waals surface area contributed by atoms with Gasteiger partial charge in [0.05, 0.1) is 16.3 Å². The topological polar surface area (TPSA) is 36.4 Å². The minimum absolute atomic E-state index is 0.103. The van der Waals surface area contributed by atoms with Gasteiger partial charge >= 0.3 is 0 Å². The Morgan fingerprint density at radius 1 is 1.45 bits per heavy atom. The molecule has 1 aromatic heterocycles. The molecule has 0 amide bonds. The first-order valence-electron chi connectivity index (χ1n) is 7.77. The summed E-state index contributed by atoms with van der Waals surface area (Å²) < 4.78 is 0. The second-order valence-electron chi connectivity index (χ2n) is 7.56. The normalized spacial score (nSPS) is 31.5. The predicted octanol–water partition coefficient (Wildman–Crippen LogP) is 2.97. The molecular formula is C16H26N2OS. The molecule has 2 fully saturated rings. The van der Waals surface area contributed by atoms with Crippen LogP contribution in [0.3, 0.4) is 0 Å². The van der Waals surface area contributed by atoms with Crippen LogP contribution in [0.25, 0.3) is 0 Å². The average molecular weight is 294 g/mol. The summed E-state index contributed by atoms with van der Waals surface area (Å²) in [6, 6.07) is 0.607. The summed E-state index contributed by atoms with van der Waals surface area (Å²) in [5.74, 6) is 0. The molecule has 112 valence electrons. The first kappa shape index (κ1) is 14.5. The fraction of sp³-hybridized carbons (Fsp3) is 0.812. The van der Waals surface area contributed by atoms with Crippen LogP contribution in [0.15, 0.2) is 5.38 Å². The van der Waals surface area contributed by atoms with E-state index in [4.69, 9.17) is 4.98 Å². The third-order valence-electron chi connectivity index (χ3n) is 4.78. The molecule has 2 atom stereocenters. The third kappa shape index (κ3) is 2.92. The van der Waals surface area contributed by atoms with Crippen molar-refractivity contribution in [2.75, 3.05) is 13.1 Å². The van der Waals surface area contributed by atoms with Crippen LogP contribution in [0.5, 0.6) is 0 Å². The highest BCUT2D eigenvalue weighted by molar-refractivity contribution is 7.09. The van der Waals surface area contributed by atoms with Crippen molar-refractivity contribution in [3.05, 3.63) is 16.1 Å². The average Bonchev–Trinajstić information content (AvgIpc) is 2.95. The number of hydrogen-bond donors (Lipinski definition) is 1. The monoisotopic (exact) mass is 294 g/mol. The minimum atomic E-state index is -0.529. The van der Waals surface area contributed by atoms with E-state index >= 15 is 0 Å². The molecule has 2 aliphatic heterocycles. The maximum absolute atomic E-state index is 10.9. The third-order valence-corrected chi connectivity index (χ3v) is 5.63. The highest BCUT2D eigenvalue weighted by Crippen LogP contribution is 2.36. The molecule has 0 radical (unpaired) electrons. The van der Waals surface area contributed by atoms with E-state index in [-0.39, 0.29) is 5.41 Å². The lowest BCUT2D eigenvalue weighted by Gasteiger charge is -2.40. The van der Waals surface area contributed by atoms with Gasteiger partial charge in [-0.15, -0.1) is 11.3 Å². The smallest absolute Gasteiger partial charge is 0.0957 e. The second-order valence-corrected chi connectivity index (χ2v) is 8.51. The minimum Gasteiger partial charge on any atom is -0.389 e. The van der Waals surface area contributed by atoms with Crippen LogP contribution in [-0.2, 0) is 11.8 Å². The molecule has 3 rings (SSSR count). The zero-order valence-electron chi connectivity index (χ0n) is 12.9. The molecule has 1 N–H and O–H groups in total. The van der Waals surface area contributed by atoms with Crippen molar-refractivity contribution in [1.82, 2.24) is 9.88 Å². The zero-order valence-corrected chi connectivity index (χ0v) is 13.7. The van der Waals surface area contributed by atoms with Crippen LogP contribution in [0.4, 0.5) is 0 Å². The van der Waals surface area contributed by atoms with Gasteiger partial charge in [0.15, 0.2) is 0 Å². The Kier molecular flexibility index (Phi) is 3.68. The predicted molar refractivity (Wildman–Crippen MR) is 83.3 cm³/mol. The summed E-state index contributed by atoms with van der Waals surface area (Å²) in [6.45, 7) is 8.86. The van der Waals surface area contributed by atoms with Crippen LogP contribution in [0.2, 0.25) is 0 Å². The number of nitrogens with zero attached hydrogens (tertiary/aromatic N) is 2. The lowest BCUT2D eigenvalue weighted by Crippen LogP contribution is -2.48. The molecule has 4 heteroatoms. The van der Waals surface area contributed by atoms with Crippen LogP contribution in [-0.4, -0.2) is 39.7 Å². The molecule has 0 aromatic carbocycles. The van der Waals surface area contributed by atoms with Crippen molar-refractivity contribution < 1.29 is 5.11 Å². The highest BCUT2D eigenvalue weighted by Gasteiger charge is 2.40. The number of thiazole rings is 1. The number of fused-ring (bicyclic) bond motifs is 1. The van der Waals surface area contributed by atoms with E-state index in [1.54, 1.807) is 11.3 Å². The Morgan fingerprint density at radius 3 is 2.95 bits per heavy atom. The number of piperidine rings is 1. The SMILES string of the molecule is CC(C)(C)c1csc(CC2(O)CCN3CCCC3C2)n1. The van der Waals surface area contributed by atoms with Gasteiger partial charge < -0.3 is 10.0 Å². The van der Waals surface area contributed by atoms with Crippen molar-refractivity contribution in [2.45, 2.75) is 69.9 Å². The fourth-order valence-corrected chi connectivity index (χ4v) is 4.65. The van der Waals surface area contributed by atoms with Crippen molar-refractivity contribution in [3.8, 4) is 0 Å². The van der Waals surface area contributed by atoms with Crippen LogP contribution in [0.1, 0.15) is 57.2 Å². The summed E-state index contributed by atoms with van der Waals surface area (Å²) in [5, 5.41) is 14.2. The van der Waals surface area contributed by atoms with E-state index < -0.39 is 5.60 Å². The van der Waals surface area contributed by atoms with Gasteiger partial charge in [-0.1, -0.05) is 20.8 Å². The van der Waals surface area contributed by atoms with Crippen molar-refractivity contribution in [3.63, 3.8) is 0 Å². The van der Waals surface area contributed by atoms with Gasteiger partial charge in [0.25, 0.3) is 0 Å². The van der Waals surface area contributed by atoms with Gasteiger partial charge in [-0.05, 0) is 32.2 Å². The molecule has 2 saturated heterocycles. The summed E-state index contributed by atoms with van der Waals surface area (Å²) in [5.41, 5.74) is 0.726. The van der Waals surface area contributed by atoms with E-state index in [0.29, 0.717) is 6.04 Å². The first-order chi connectivity index (χ1) is 9.36. The van der Waals surface area contributed by atoms with E-state index in [1.165, 1.54) is 19.4 Å². The zero-order chi connectivity index (χ0) is 14.4. The molecule has 3 heterocycles. The Morgan fingerprint density at radius 2 is 2.25 bits per heavy atom. The number of rotatable bonds is 2. The Labute approximate surface area is 126 Å². The Bertz CT molecular complexity index is 479. The molecule has 0 aliphatic carbocycles. The van der Waals surface area contributed by atoms with Gasteiger partial charge in [0.2, 0.25) is 0 Å². The molecule has 2 unspecified atom stereocenters. The van der Waals surface area contributed by atoms with Crippen molar-refractivity contribution in [1.29, 1.82) is 0 Å². The Hall–Kier alpha value is -0.450. The summed E-state index contributed by atoms with van der Waals surface area (Å²) >= 11 is 1.71. The molecule has 0 bridgehead atoms. The summed E-state index contributed by atoms with van der Waals surface area (Å²) in [6.07, 6.45) is 5.11. The van der Waals surface area contributed by atoms with Gasteiger partial charge in [-0.2, -0.15) is 0 Å². The molecule has 20 heavy (non-hydrogen) atoms. The van der Waals surface area contributed by atoms with Crippen molar-refractivity contribution in [2.24, 2.45) is 0 Å². The van der Waals surface area contributed by atoms with Gasteiger partial charge in [-0.3, -0.25) is 0 Å². The summed E-state index contributed by atoms with van der Waals surface area (Å²) in [4.78, 5) is 7.30. The number of hydrogen-bond acceptors (Lipinski definition) is 4. The molecule has 0 spiro atoms. The molecular weight excluding hydrogens is 268 g/mol. The second kappa shape index (κ2) is 5.08. The van der Waals surface area contributed by atoms with Crippen LogP contribution < -0.4 is 0 Å². The maximum atomic E-state index is 10.9. The maximum Gasteiger partial charge on any atom is 0.0957 e. The lowest BCUT2D eigenvalue weighted by molar-refractivity contribution is -0.0354. The number of aromatic nitrogens is 1. The van der Waals surface area contributed by atoms with Crippen LogP contribution in [0, 0.1) is 0 Å². The van der Waals surface area contributed by atoms with Gasteiger partial charge in [0, 0.05) is 29.8 Å². The largest absolute Gasteiger partial charge is 0.389 e. The highest BCUT2D eigenvalue weighted by atomic mass is 32.1.